The highest BCUT2D eigenvalue weighted by molar-refractivity contribution is 6.10. The van der Waals surface area contributed by atoms with E-state index < -0.39 is 0 Å². The van der Waals surface area contributed by atoms with Crippen LogP contribution >= 0.6 is 0 Å². The van der Waals surface area contributed by atoms with Crippen LogP contribution in [0, 0.1) is 0 Å². The summed E-state index contributed by atoms with van der Waals surface area (Å²) in [5, 5.41) is 0. The van der Waals surface area contributed by atoms with Crippen molar-refractivity contribution in [3.8, 4) is 16.9 Å². The first-order valence-electron chi connectivity index (χ1n) is 8.98. The fraction of sp³-hybridized carbons (Fsp3) is 0.0833. The number of nitrogens with zero attached hydrogens (tertiary/aromatic N) is 1. The molecule has 0 atom stereocenters. The summed E-state index contributed by atoms with van der Waals surface area (Å²) in [6.07, 6.45) is 1.79. The molecule has 4 nitrogen and oxygen atoms in total. The van der Waals surface area contributed by atoms with Crippen LogP contribution in [0.5, 0.6) is 5.75 Å². The average molecular weight is 369 g/mol. The van der Waals surface area contributed by atoms with Crippen molar-refractivity contribution < 1.29 is 14.3 Å². The lowest BCUT2D eigenvalue weighted by atomic mass is 10.0. The van der Waals surface area contributed by atoms with Gasteiger partial charge < -0.3 is 9.14 Å². The van der Waals surface area contributed by atoms with Crippen molar-refractivity contribution in [2.75, 3.05) is 7.11 Å². The van der Waals surface area contributed by atoms with Crippen LogP contribution in [-0.4, -0.2) is 23.1 Å². The highest BCUT2D eigenvalue weighted by Crippen LogP contribution is 2.30. The van der Waals surface area contributed by atoms with Gasteiger partial charge in [0.25, 0.3) is 0 Å². The molecule has 0 saturated carbocycles. The lowest BCUT2D eigenvalue weighted by Crippen LogP contribution is -2.05. The van der Waals surface area contributed by atoms with E-state index in [1.807, 2.05) is 46.9 Å². The highest BCUT2D eigenvalue weighted by atomic mass is 16.5. The summed E-state index contributed by atoms with van der Waals surface area (Å²) < 4.78 is 7.02. The largest absolute Gasteiger partial charge is 0.497 e. The van der Waals surface area contributed by atoms with E-state index in [-0.39, 0.29) is 11.6 Å². The maximum absolute atomic E-state index is 13.2. The quantitative estimate of drug-likeness (QED) is 0.463. The standard InChI is InChI=1S/C24H19NO3/c1-16(26)19-12-13-25-22(14-19)21(17-6-4-3-5-7-17)15-23(25)24(27)18-8-10-20(28-2)11-9-18/h3-15H,1-2H3. The van der Waals surface area contributed by atoms with Crippen molar-refractivity contribution in [1.82, 2.24) is 4.40 Å². The van der Waals surface area contributed by atoms with E-state index in [0.717, 1.165) is 16.6 Å². The van der Waals surface area contributed by atoms with Crippen LogP contribution < -0.4 is 4.74 Å². The molecular formula is C24H19NO3. The molecule has 4 heteroatoms. The van der Waals surface area contributed by atoms with E-state index in [1.54, 1.807) is 50.6 Å². The number of pyridine rings is 1. The Balaban J connectivity index is 1.91. The Bertz CT molecular complexity index is 1170. The summed E-state index contributed by atoms with van der Waals surface area (Å²) in [4.78, 5) is 25.1. The fourth-order valence-corrected chi connectivity index (χ4v) is 3.33. The van der Waals surface area contributed by atoms with Gasteiger partial charge in [0.15, 0.2) is 5.78 Å². The van der Waals surface area contributed by atoms with Crippen molar-refractivity contribution in [2.24, 2.45) is 0 Å². The van der Waals surface area contributed by atoms with Crippen molar-refractivity contribution in [1.29, 1.82) is 0 Å². The molecule has 4 aromatic rings. The predicted octanol–water partition coefficient (Wildman–Crippen LogP) is 5.05. The number of hydrogen-bond acceptors (Lipinski definition) is 3. The Morgan fingerprint density at radius 1 is 0.857 bits per heavy atom. The van der Waals surface area contributed by atoms with Crippen molar-refractivity contribution >= 4 is 17.1 Å². The first-order chi connectivity index (χ1) is 13.6. The first-order valence-corrected chi connectivity index (χ1v) is 8.98. The number of ketones is 2. The number of rotatable bonds is 5. The second-order valence-electron chi connectivity index (χ2n) is 6.59. The van der Waals surface area contributed by atoms with Gasteiger partial charge in [-0.05, 0) is 55.0 Å². The SMILES string of the molecule is COc1ccc(C(=O)c2cc(-c3ccccc3)c3cc(C(C)=O)ccn23)cc1. The van der Waals surface area contributed by atoms with E-state index in [1.165, 1.54) is 0 Å². The molecule has 2 aromatic heterocycles. The summed E-state index contributed by atoms with van der Waals surface area (Å²) in [5.74, 6) is 0.605. The van der Waals surface area contributed by atoms with Gasteiger partial charge in [-0.2, -0.15) is 0 Å². The average Bonchev–Trinajstić information content (AvgIpc) is 3.12. The first kappa shape index (κ1) is 17.7. The van der Waals surface area contributed by atoms with Crippen molar-refractivity contribution in [3.63, 3.8) is 0 Å². The molecule has 0 aliphatic heterocycles. The molecule has 138 valence electrons. The number of carbonyl (C=O) groups is 2. The van der Waals surface area contributed by atoms with Crippen LogP contribution in [-0.2, 0) is 0 Å². The molecule has 0 bridgehead atoms. The van der Waals surface area contributed by atoms with E-state index in [4.69, 9.17) is 4.74 Å². The Labute approximate surface area is 163 Å². The zero-order valence-electron chi connectivity index (χ0n) is 15.7. The number of carbonyl (C=O) groups excluding carboxylic acids is 2. The molecular weight excluding hydrogens is 350 g/mol. The molecule has 0 N–H and O–H groups in total. The van der Waals surface area contributed by atoms with Crippen LogP contribution in [0.4, 0.5) is 0 Å². The minimum atomic E-state index is -0.0876. The molecule has 0 amide bonds. The van der Waals surface area contributed by atoms with Crippen LogP contribution in [0.15, 0.2) is 79.0 Å². The Morgan fingerprint density at radius 2 is 1.57 bits per heavy atom. The molecule has 0 spiro atoms. The Morgan fingerprint density at radius 3 is 2.21 bits per heavy atom. The van der Waals surface area contributed by atoms with Gasteiger partial charge in [0.05, 0.1) is 18.3 Å². The molecule has 0 aliphatic carbocycles. The maximum atomic E-state index is 13.2. The summed E-state index contributed by atoms with van der Waals surface area (Å²) in [7, 11) is 1.59. The van der Waals surface area contributed by atoms with Crippen molar-refractivity contribution in [3.05, 3.63) is 95.8 Å². The second-order valence-corrected chi connectivity index (χ2v) is 6.59. The Kier molecular flexibility index (Phi) is 4.53. The van der Waals surface area contributed by atoms with E-state index in [9.17, 15) is 9.59 Å². The maximum Gasteiger partial charge on any atom is 0.209 e. The zero-order valence-corrected chi connectivity index (χ0v) is 15.7. The highest BCUT2D eigenvalue weighted by Gasteiger charge is 2.18. The van der Waals surface area contributed by atoms with Crippen LogP contribution in [0.3, 0.4) is 0 Å². The lowest BCUT2D eigenvalue weighted by molar-refractivity contribution is 0.101. The summed E-state index contributed by atoms with van der Waals surface area (Å²) in [6, 6.07) is 22.4. The van der Waals surface area contributed by atoms with Gasteiger partial charge in [0, 0.05) is 22.9 Å². The number of benzene rings is 2. The molecule has 0 unspecified atom stereocenters. The number of Topliss-reactive ketones (excluding diaryl/α,β-unsaturated/α-hetero) is 1. The lowest BCUT2D eigenvalue weighted by Gasteiger charge is -2.05. The molecule has 2 heterocycles. The number of methoxy groups -OCH3 is 1. The van der Waals surface area contributed by atoms with E-state index >= 15 is 0 Å². The molecule has 0 saturated heterocycles. The summed E-state index contributed by atoms with van der Waals surface area (Å²) >= 11 is 0. The van der Waals surface area contributed by atoms with Gasteiger partial charge >= 0.3 is 0 Å². The molecule has 28 heavy (non-hydrogen) atoms. The number of aromatic nitrogens is 1. The van der Waals surface area contributed by atoms with Gasteiger partial charge in [0.1, 0.15) is 5.75 Å². The second kappa shape index (κ2) is 7.16. The molecule has 0 fully saturated rings. The molecule has 4 rings (SSSR count). The normalized spacial score (nSPS) is 10.8. The van der Waals surface area contributed by atoms with Crippen LogP contribution in [0.1, 0.15) is 33.3 Å². The zero-order chi connectivity index (χ0) is 19.7. The monoisotopic (exact) mass is 369 g/mol. The van der Waals surface area contributed by atoms with Gasteiger partial charge in [-0.25, -0.2) is 0 Å². The Hall–Kier alpha value is -3.66. The minimum absolute atomic E-state index is 0.00857. The van der Waals surface area contributed by atoms with E-state index in [0.29, 0.717) is 22.6 Å². The number of ether oxygens (including phenoxy) is 1. The topological polar surface area (TPSA) is 47.8 Å². The minimum Gasteiger partial charge on any atom is -0.497 e. The van der Waals surface area contributed by atoms with Crippen molar-refractivity contribution in [2.45, 2.75) is 6.92 Å². The third kappa shape index (κ3) is 3.09. The van der Waals surface area contributed by atoms with Gasteiger partial charge in [-0.1, -0.05) is 30.3 Å². The summed E-state index contributed by atoms with van der Waals surface area (Å²) in [5.41, 5.74) is 4.49. The summed E-state index contributed by atoms with van der Waals surface area (Å²) in [6.45, 7) is 1.54. The third-order valence-corrected chi connectivity index (χ3v) is 4.85. The van der Waals surface area contributed by atoms with E-state index in [2.05, 4.69) is 0 Å². The smallest absolute Gasteiger partial charge is 0.209 e. The predicted molar refractivity (Wildman–Crippen MR) is 109 cm³/mol. The molecule has 0 aliphatic rings. The fourth-order valence-electron chi connectivity index (χ4n) is 3.33. The number of fused-ring (bicyclic) bond motifs is 1. The molecule has 0 radical (unpaired) electrons. The third-order valence-electron chi connectivity index (χ3n) is 4.85. The van der Waals surface area contributed by atoms with Crippen LogP contribution in [0.25, 0.3) is 16.6 Å². The van der Waals surface area contributed by atoms with Gasteiger partial charge in [-0.3, -0.25) is 9.59 Å². The van der Waals surface area contributed by atoms with Crippen LogP contribution in [0.2, 0.25) is 0 Å². The number of hydrogen-bond donors (Lipinski definition) is 0. The molecule has 2 aromatic carbocycles. The van der Waals surface area contributed by atoms with Gasteiger partial charge in [-0.15, -0.1) is 0 Å². The van der Waals surface area contributed by atoms with Gasteiger partial charge in [0.2, 0.25) is 5.78 Å².